The summed E-state index contributed by atoms with van der Waals surface area (Å²) >= 11 is 0. The van der Waals surface area contributed by atoms with E-state index in [9.17, 15) is 0 Å². The Morgan fingerprint density at radius 1 is 1.31 bits per heavy atom. The number of rotatable bonds is 1. The van der Waals surface area contributed by atoms with Gasteiger partial charge >= 0.3 is 0 Å². The van der Waals surface area contributed by atoms with Gasteiger partial charge in [-0.25, -0.2) is 15.0 Å². The summed E-state index contributed by atoms with van der Waals surface area (Å²) in [4.78, 5) is 18.3. The molecule has 0 aliphatic carbocycles. The van der Waals surface area contributed by atoms with Gasteiger partial charge in [-0.05, 0) is 6.92 Å². The molecule has 2 aromatic heterocycles. The monoisotopic (exact) mass is 219 g/mol. The average molecular weight is 219 g/mol. The van der Waals surface area contributed by atoms with Gasteiger partial charge in [0.1, 0.15) is 11.3 Å². The van der Waals surface area contributed by atoms with Crippen LogP contribution in [0.3, 0.4) is 0 Å². The largest absolute Gasteiger partial charge is 0.378 e. The number of imidazole rings is 1. The molecule has 0 unspecified atom stereocenters. The molecule has 0 radical (unpaired) electrons. The van der Waals surface area contributed by atoms with Crippen molar-refractivity contribution in [2.75, 3.05) is 31.2 Å². The lowest BCUT2D eigenvalue weighted by molar-refractivity contribution is 0.122. The van der Waals surface area contributed by atoms with Gasteiger partial charge in [-0.2, -0.15) is 0 Å². The maximum Gasteiger partial charge on any atom is 0.163 e. The SMILES string of the molecule is Cc1nc(N2CCOCC2)c2nc[nH]c2n1. The van der Waals surface area contributed by atoms with Crippen LogP contribution in [-0.2, 0) is 4.74 Å². The van der Waals surface area contributed by atoms with Gasteiger partial charge in [0.15, 0.2) is 11.5 Å². The van der Waals surface area contributed by atoms with Crippen molar-refractivity contribution in [2.24, 2.45) is 0 Å². The van der Waals surface area contributed by atoms with Crippen LogP contribution in [0, 0.1) is 6.92 Å². The Morgan fingerprint density at radius 2 is 2.12 bits per heavy atom. The van der Waals surface area contributed by atoms with E-state index in [0.29, 0.717) is 0 Å². The van der Waals surface area contributed by atoms with Crippen LogP contribution in [-0.4, -0.2) is 46.2 Å². The lowest BCUT2D eigenvalue weighted by Gasteiger charge is -2.27. The number of H-pyrrole nitrogens is 1. The molecular weight excluding hydrogens is 206 g/mol. The quantitative estimate of drug-likeness (QED) is 0.756. The van der Waals surface area contributed by atoms with Crippen molar-refractivity contribution < 1.29 is 4.74 Å². The van der Waals surface area contributed by atoms with E-state index in [2.05, 4.69) is 24.8 Å². The topological polar surface area (TPSA) is 66.9 Å². The number of morpholine rings is 1. The molecule has 0 amide bonds. The molecule has 6 nitrogen and oxygen atoms in total. The van der Waals surface area contributed by atoms with Crippen molar-refractivity contribution in [3.05, 3.63) is 12.2 Å². The summed E-state index contributed by atoms with van der Waals surface area (Å²) in [7, 11) is 0. The molecule has 1 aliphatic rings. The first kappa shape index (κ1) is 9.53. The second-order valence-corrected chi connectivity index (χ2v) is 3.79. The lowest BCUT2D eigenvalue weighted by Crippen LogP contribution is -2.37. The van der Waals surface area contributed by atoms with Crippen molar-refractivity contribution >= 4 is 17.0 Å². The molecule has 84 valence electrons. The third kappa shape index (κ3) is 1.51. The summed E-state index contributed by atoms with van der Waals surface area (Å²) in [6, 6.07) is 0. The van der Waals surface area contributed by atoms with E-state index in [1.807, 2.05) is 6.92 Å². The summed E-state index contributed by atoms with van der Waals surface area (Å²) in [5, 5.41) is 0. The van der Waals surface area contributed by atoms with Crippen LogP contribution in [0.15, 0.2) is 6.33 Å². The number of hydrogen-bond donors (Lipinski definition) is 1. The molecule has 0 bridgehead atoms. The molecule has 1 aliphatic heterocycles. The fourth-order valence-corrected chi connectivity index (χ4v) is 1.92. The van der Waals surface area contributed by atoms with Gasteiger partial charge in [-0.15, -0.1) is 0 Å². The minimum absolute atomic E-state index is 0.745. The number of nitrogens with one attached hydrogen (secondary N) is 1. The second kappa shape index (κ2) is 3.71. The highest BCUT2D eigenvalue weighted by atomic mass is 16.5. The molecule has 16 heavy (non-hydrogen) atoms. The number of fused-ring (bicyclic) bond motifs is 1. The minimum atomic E-state index is 0.745. The van der Waals surface area contributed by atoms with Gasteiger partial charge in [0.2, 0.25) is 0 Å². The van der Waals surface area contributed by atoms with Gasteiger partial charge in [0.25, 0.3) is 0 Å². The van der Waals surface area contributed by atoms with Crippen molar-refractivity contribution in [3.63, 3.8) is 0 Å². The highest BCUT2D eigenvalue weighted by molar-refractivity contribution is 5.83. The summed E-state index contributed by atoms with van der Waals surface area (Å²) in [6.45, 7) is 5.10. The zero-order chi connectivity index (χ0) is 11.0. The molecule has 0 atom stereocenters. The Balaban J connectivity index is 2.09. The zero-order valence-electron chi connectivity index (χ0n) is 9.10. The first-order valence-electron chi connectivity index (χ1n) is 5.35. The average Bonchev–Trinajstić information content (AvgIpc) is 2.77. The van der Waals surface area contributed by atoms with Gasteiger partial charge in [0.05, 0.1) is 19.5 Å². The van der Waals surface area contributed by atoms with E-state index in [1.165, 1.54) is 0 Å². The van der Waals surface area contributed by atoms with E-state index < -0.39 is 0 Å². The van der Waals surface area contributed by atoms with Crippen molar-refractivity contribution in [1.82, 2.24) is 19.9 Å². The van der Waals surface area contributed by atoms with Gasteiger partial charge in [-0.3, -0.25) is 0 Å². The Kier molecular flexibility index (Phi) is 2.21. The predicted molar refractivity (Wildman–Crippen MR) is 59.5 cm³/mol. The van der Waals surface area contributed by atoms with Crippen molar-refractivity contribution in [1.29, 1.82) is 0 Å². The van der Waals surface area contributed by atoms with Crippen molar-refractivity contribution in [2.45, 2.75) is 6.92 Å². The van der Waals surface area contributed by atoms with E-state index >= 15 is 0 Å². The first-order valence-corrected chi connectivity index (χ1v) is 5.35. The summed E-state index contributed by atoms with van der Waals surface area (Å²) in [5.74, 6) is 1.67. The summed E-state index contributed by atoms with van der Waals surface area (Å²) < 4.78 is 5.33. The Morgan fingerprint density at radius 3 is 2.94 bits per heavy atom. The predicted octanol–water partition coefficient (Wildman–Crippen LogP) is 0.498. The van der Waals surface area contributed by atoms with Crippen LogP contribution >= 0.6 is 0 Å². The minimum Gasteiger partial charge on any atom is -0.378 e. The maximum atomic E-state index is 5.33. The maximum absolute atomic E-state index is 5.33. The molecule has 3 heterocycles. The zero-order valence-corrected chi connectivity index (χ0v) is 9.10. The highest BCUT2D eigenvalue weighted by Gasteiger charge is 2.17. The van der Waals surface area contributed by atoms with E-state index in [1.54, 1.807) is 6.33 Å². The smallest absolute Gasteiger partial charge is 0.163 e. The number of nitrogens with zero attached hydrogens (tertiary/aromatic N) is 4. The van der Waals surface area contributed by atoms with Gasteiger partial charge in [0, 0.05) is 13.1 Å². The third-order valence-corrected chi connectivity index (χ3v) is 2.68. The number of aryl methyl sites for hydroxylation is 1. The summed E-state index contributed by atoms with van der Waals surface area (Å²) in [6.07, 6.45) is 1.66. The molecule has 0 spiro atoms. The molecule has 0 aromatic carbocycles. The van der Waals surface area contributed by atoms with E-state index in [-0.39, 0.29) is 0 Å². The molecule has 1 N–H and O–H groups in total. The van der Waals surface area contributed by atoms with E-state index in [4.69, 9.17) is 4.74 Å². The fourth-order valence-electron chi connectivity index (χ4n) is 1.92. The Labute approximate surface area is 92.7 Å². The van der Waals surface area contributed by atoms with Gasteiger partial charge in [-0.1, -0.05) is 0 Å². The fraction of sp³-hybridized carbons (Fsp3) is 0.500. The number of ether oxygens (including phenoxy) is 1. The molecule has 1 fully saturated rings. The lowest BCUT2D eigenvalue weighted by atomic mass is 10.3. The Bertz CT molecular complexity index is 503. The highest BCUT2D eigenvalue weighted by Crippen LogP contribution is 2.21. The molecular formula is C10H13N5O. The van der Waals surface area contributed by atoms with Crippen LogP contribution < -0.4 is 4.90 Å². The van der Waals surface area contributed by atoms with E-state index in [0.717, 1.165) is 49.1 Å². The first-order chi connectivity index (χ1) is 7.84. The molecule has 3 rings (SSSR count). The van der Waals surface area contributed by atoms with Gasteiger partial charge < -0.3 is 14.6 Å². The molecule has 0 saturated carbocycles. The number of hydrogen-bond acceptors (Lipinski definition) is 5. The van der Waals surface area contributed by atoms with Crippen LogP contribution in [0.4, 0.5) is 5.82 Å². The number of aromatic amines is 1. The normalized spacial score (nSPS) is 16.9. The van der Waals surface area contributed by atoms with Crippen LogP contribution in [0.1, 0.15) is 5.82 Å². The van der Waals surface area contributed by atoms with Crippen LogP contribution in [0.2, 0.25) is 0 Å². The van der Waals surface area contributed by atoms with Crippen LogP contribution in [0.25, 0.3) is 11.2 Å². The number of aromatic nitrogens is 4. The number of anilines is 1. The third-order valence-electron chi connectivity index (χ3n) is 2.68. The Hall–Kier alpha value is -1.69. The van der Waals surface area contributed by atoms with Crippen molar-refractivity contribution in [3.8, 4) is 0 Å². The molecule has 2 aromatic rings. The second-order valence-electron chi connectivity index (χ2n) is 3.79. The summed E-state index contributed by atoms with van der Waals surface area (Å²) in [5.41, 5.74) is 1.64. The molecule has 6 heteroatoms. The van der Waals surface area contributed by atoms with Crippen LogP contribution in [0.5, 0.6) is 0 Å². The molecule has 1 saturated heterocycles. The standard InChI is InChI=1S/C10H13N5O/c1-7-13-9-8(11-6-12-9)10(14-7)15-2-4-16-5-3-15/h6H,2-5H2,1H3,(H,11,12,13,14).